The number of nitrogens with zero attached hydrogens (tertiary/aromatic N) is 4. The van der Waals surface area contributed by atoms with Crippen LogP contribution in [0.25, 0.3) is 5.82 Å². The van der Waals surface area contributed by atoms with Crippen molar-refractivity contribution < 1.29 is 17.9 Å². The lowest BCUT2D eigenvalue weighted by atomic mass is 10.2. The highest BCUT2D eigenvalue weighted by molar-refractivity contribution is 7.92. The summed E-state index contributed by atoms with van der Waals surface area (Å²) < 4.78 is 35.3. The number of ether oxygens (including phenoxy) is 1. The van der Waals surface area contributed by atoms with Gasteiger partial charge in [-0.15, -0.1) is 0 Å². The molecule has 2 aromatic carbocycles. The maximum Gasteiger partial charge on any atom is 0.261 e. The number of sulfonamides is 1. The number of Topliss-reactive ketones (excluding diaryl/α,β-unsaturated/α-hetero) is 1. The Morgan fingerprint density at radius 1 is 0.971 bits per heavy atom. The molecule has 0 aliphatic rings. The van der Waals surface area contributed by atoms with E-state index in [1.165, 1.54) is 37.5 Å². The Morgan fingerprint density at radius 3 is 2.24 bits per heavy atom. The number of aryl methyl sites for hydroxylation is 1. The first-order chi connectivity index (χ1) is 16.1. The molecule has 4 rings (SSSR count). The molecule has 0 atom stereocenters. The summed E-state index contributed by atoms with van der Waals surface area (Å²) in [4.78, 5) is 19.9. The summed E-state index contributed by atoms with van der Waals surface area (Å²) in [7, 11) is -3.80. The van der Waals surface area contributed by atoms with Crippen LogP contribution in [0.1, 0.15) is 34.2 Å². The Bertz CT molecular complexity index is 1460. The maximum absolute atomic E-state index is 12.6. The second kappa shape index (κ2) is 9.06. The first-order valence-electron chi connectivity index (χ1n) is 10.4. The van der Waals surface area contributed by atoms with Gasteiger partial charge in [-0.3, -0.25) is 9.52 Å². The molecule has 0 amide bonds. The lowest BCUT2D eigenvalue weighted by Gasteiger charge is -2.10. The number of hydrogen-bond donors (Lipinski definition) is 1. The van der Waals surface area contributed by atoms with E-state index in [0.29, 0.717) is 28.7 Å². The fourth-order valence-electron chi connectivity index (χ4n) is 3.24. The number of hydrogen-bond acceptors (Lipinski definition) is 7. The van der Waals surface area contributed by atoms with Crippen LogP contribution in [-0.2, 0) is 10.0 Å². The lowest BCUT2D eigenvalue weighted by molar-refractivity contribution is 0.101. The average Bonchev–Trinajstić information content (AvgIpc) is 3.08. The number of aromatic nitrogens is 4. The first-order valence-corrected chi connectivity index (χ1v) is 11.9. The predicted molar refractivity (Wildman–Crippen MR) is 127 cm³/mol. The quantitative estimate of drug-likeness (QED) is 0.393. The van der Waals surface area contributed by atoms with Crippen molar-refractivity contribution in [3.05, 3.63) is 83.4 Å². The van der Waals surface area contributed by atoms with E-state index in [0.717, 1.165) is 17.0 Å². The number of anilines is 1. The van der Waals surface area contributed by atoms with E-state index in [1.807, 2.05) is 20.8 Å². The van der Waals surface area contributed by atoms with Gasteiger partial charge < -0.3 is 4.74 Å². The Labute approximate surface area is 197 Å². The zero-order valence-corrected chi connectivity index (χ0v) is 19.9. The van der Waals surface area contributed by atoms with Crippen LogP contribution in [0.5, 0.6) is 11.6 Å². The van der Waals surface area contributed by atoms with Crippen molar-refractivity contribution in [2.24, 2.45) is 0 Å². The molecule has 34 heavy (non-hydrogen) atoms. The molecule has 2 aromatic heterocycles. The van der Waals surface area contributed by atoms with Gasteiger partial charge in [-0.05, 0) is 69.7 Å². The van der Waals surface area contributed by atoms with Gasteiger partial charge in [-0.25, -0.2) is 23.1 Å². The summed E-state index contributed by atoms with van der Waals surface area (Å²) >= 11 is 0. The van der Waals surface area contributed by atoms with Crippen LogP contribution >= 0.6 is 0 Å². The van der Waals surface area contributed by atoms with Gasteiger partial charge in [0.25, 0.3) is 10.0 Å². The molecule has 10 heteroatoms. The molecule has 2 heterocycles. The van der Waals surface area contributed by atoms with E-state index in [9.17, 15) is 13.2 Å². The molecule has 4 aromatic rings. The summed E-state index contributed by atoms with van der Waals surface area (Å²) in [6.45, 7) is 7.33. The van der Waals surface area contributed by atoms with Gasteiger partial charge >= 0.3 is 0 Å². The number of benzene rings is 2. The fourth-order valence-corrected chi connectivity index (χ4v) is 4.30. The standard InChI is InChI=1S/C24H23N5O4S/c1-15-16(2)27-29(17(15)3)23-13-24(26-14-25-23)33-21-9-7-20(8-10-21)28-34(31,32)22-11-5-19(6-12-22)18(4)30/h5-14,28H,1-4H3. The minimum absolute atomic E-state index is 0.0609. The van der Waals surface area contributed by atoms with Crippen molar-refractivity contribution in [3.63, 3.8) is 0 Å². The van der Waals surface area contributed by atoms with Crippen LogP contribution in [-0.4, -0.2) is 33.9 Å². The van der Waals surface area contributed by atoms with E-state index in [4.69, 9.17) is 4.74 Å². The van der Waals surface area contributed by atoms with E-state index in [1.54, 1.807) is 35.0 Å². The number of rotatable bonds is 7. The van der Waals surface area contributed by atoms with Crippen LogP contribution in [0.15, 0.2) is 65.8 Å². The molecule has 174 valence electrons. The number of ketones is 1. The van der Waals surface area contributed by atoms with Gasteiger partial charge in [0.1, 0.15) is 12.1 Å². The van der Waals surface area contributed by atoms with Gasteiger partial charge in [0.15, 0.2) is 11.6 Å². The molecule has 0 radical (unpaired) electrons. The van der Waals surface area contributed by atoms with E-state index >= 15 is 0 Å². The SMILES string of the molecule is CC(=O)c1ccc(S(=O)(=O)Nc2ccc(Oc3cc(-n4nc(C)c(C)c4C)ncn3)cc2)cc1. The van der Waals surface area contributed by atoms with Crippen LogP contribution in [0, 0.1) is 20.8 Å². The number of carbonyl (C=O) groups is 1. The molecule has 0 saturated heterocycles. The van der Waals surface area contributed by atoms with Crippen LogP contribution in [0.4, 0.5) is 5.69 Å². The van der Waals surface area contributed by atoms with Gasteiger partial charge in [0, 0.05) is 23.0 Å². The summed E-state index contributed by atoms with van der Waals surface area (Å²) in [6.07, 6.45) is 1.40. The predicted octanol–water partition coefficient (Wildman–Crippen LogP) is 4.38. The highest BCUT2D eigenvalue weighted by atomic mass is 32.2. The summed E-state index contributed by atoms with van der Waals surface area (Å²) in [6, 6.07) is 13.9. The molecular formula is C24H23N5O4S. The van der Waals surface area contributed by atoms with Crippen LogP contribution < -0.4 is 9.46 Å². The van der Waals surface area contributed by atoms with Crippen molar-refractivity contribution in [3.8, 4) is 17.4 Å². The molecule has 0 bridgehead atoms. The van der Waals surface area contributed by atoms with Crippen molar-refractivity contribution in [1.29, 1.82) is 0 Å². The molecule has 9 nitrogen and oxygen atoms in total. The molecule has 0 saturated carbocycles. The molecule has 1 N–H and O–H groups in total. The van der Waals surface area contributed by atoms with Crippen molar-refractivity contribution >= 4 is 21.5 Å². The summed E-state index contributed by atoms with van der Waals surface area (Å²) in [5.74, 6) is 1.25. The normalized spacial score (nSPS) is 11.3. The van der Waals surface area contributed by atoms with Crippen molar-refractivity contribution in [2.75, 3.05) is 4.72 Å². The van der Waals surface area contributed by atoms with Crippen LogP contribution in [0.3, 0.4) is 0 Å². The van der Waals surface area contributed by atoms with Crippen molar-refractivity contribution in [1.82, 2.24) is 19.7 Å². The molecule has 0 spiro atoms. The van der Waals surface area contributed by atoms with E-state index in [-0.39, 0.29) is 10.7 Å². The van der Waals surface area contributed by atoms with E-state index in [2.05, 4.69) is 19.8 Å². The smallest absolute Gasteiger partial charge is 0.261 e. The number of nitrogens with one attached hydrogen (secondary N) is 1. The van der Waals surface area contributed by atoms with Gasteiger partial charge in [-0.1, -0.05) is 12.1 Å². The first kappa shape index (κ1) is 23.1. The highest BCUT2D eigenvalue weighted by Crippen LogP contribution is 2.25. The molecule has 0 aliphatic carbocycles. The molecule has 0 fully saturated rings. The van der Waals surface area contributed by atoms with Gasteiger partial charge in [0.2, 0.25) is 5.88 Å². The zero-order valence-electron chi connectivity index (χ0n) is 19.1. The number of carbonyl (C=O) groups excluding carboxylic acids is 1. The average molecular weight is 478 g/mol. The zero-order chi connectivity index (χ0) is 24.5. The maximum atomic E-state index is 12.6. The summed E-state index contributed by atoms with van der Waals surface area (Å²) in [5, 5.41) is 4.50. The molecule has 0 aliphatic heterocycles. The summed E-state index contributed by atoms with van der Waals surface area (Å²) in [5.41, 5.74) is 3.81. The minimum Gasteiger partial charge on any atom is -0.439 e. The Kier molecular flexibility index (Phi) is 6.16. The second-order valence-corrected chi connectivity index (χ2v) is 9.42. The largest absolute Gasteiger partial charge is 0.439 e. The van der Waals surface area contributed by atoms with Crippen molar-refractivity contribution in [2.45, 2.75) is 32.6 Å². The third kappa shape index (κ3) is 4.81. The van der Waals surface area contributed by atoms with Gasteiger partial charge in [0.05, 0.1) is 10.6 Å². The Hall–Kier alpha value is -4.05. The lowest BCUT2D eigenvalue weighted by Crippen LogP contribution is -2.13. The third-order valence-electron chi connectivity index (χ3n) is 5.40. The van der Waals surface area contributed by atoms with Gasteiger partial charge in [-0.2, -0.15) is 5.10 Å². The minimum atomic E-state index is -3.80. The third-order valence-corrected chi connectivity index (χ3v) is 6.79. The fraction of sp³-hybridized carbons (Fsp3) is 0.167. The molecular weight excluding hydrogens is 454 g/mol. The topological polar surface area (TPSA) is 116 Å². The highest BCUT2D eigenvalue weighted by Gasteiger charge is 2.15. The van der Waals surface area contributed by atoms with E-state index < -0.39 is 10.0 Å². The second-order valence-electron chi connectivity index (χ2n) is 7.73. The Balaban J connectivity index is 1.48. The monoisotopic (exact) mass is 477 g/mol. The molecule has 0 unspecified atom stereocenters. The Morgan fingerprint density at radius 2 is 1.65 bits per heavy atom. The van der Waals surface area contributed by atoms with Crippen LogP contribution in [0.2, 0.25) is 0 Å².